The van der Waals surface area contributed by atoms with E-state index in [9.17, 15) is 0 Å². The molecule has 1 aliphatic carbocycles. The standard InChI is InChI=1S/C24H32N3O/c1-3-9-19-11-7-5-4-6-10-18-14-23(19)27(16-18)17-22-24(28-2)15-21(26-22)20-12-8-13-25-20/h8,12-15,17,19,25H,3-7,9-11,16H2,1-2H3/q+1/t19-/m0/s1. The first-order valence-corrected chi connectivity index (χ1v) is 10.8. The number of fused-ring (bicyclic) bond motifs is 1. The molecule has 1 atom stereocenters. The SMILES string of the molecule is CCC[C@H]1CCCCCCC2=CC1=[N+](C=C1N=C(c3ccc[nH]3)C=C1OC)C2. The molecule has 4 nitrogen and oxygen atoms in total. The number of H-pyrrole nitrogens is 1. The van der Waals surface area contributed by atoms with Crippen LogP contribution in [0, 0.1) is 5.92 Å². The minimum atomic E-state index is 0.653. The maximum absolute atomic E-state index is 5.65. The fourth-order valence-corrected chi connectivity index (χ4v) is 4.60. The van der Waals surface area contributed by atoms with Gasteiger partial charge in [-0.05, 0) is 37.8 Å². The summed E-state index contributed by atoms with van der Waals surface area (Å²) in [6, 6.07) is 4.05. The van der Waals surface area contributed by atoms with E-state index in [-0.39, 0.29) is 0 Å². The molecule has 3 aliphatic rings. The summed E-state index contributed by atoms with van der Waals surface area (Å²) >= 11 is 0. The second-order valence-corrected chi connectivity index (χ2v) is 8.10. The van der Waals surface area contributed by atoms with Gasteiger partial charge in [-0.15, -0.1) is 0 Å². The van der Waals surface area contributed by atoms with E-state index in [0.717, 1.165) is 29.4 Å². The van der Waals surface area contributed by atoms with Gasteiger partial charge in [-0.25, -0.2) is 4.99 Å². The summed E-state index contributed by atoms with van der Waals surface area (Å²) in [7, 11) is 1.73. The summed E-state index contributed by atoms with van der Waals surface area (Å²) in [5.41, 5.74) is 5.95. The third-order valence-corrected chi connectivity index (χ3v) is 6.05. The zero-order chi connectivity index (χ0) is 19.3. The second-order valence-electron chi connectivity index (χ2n) is 8.10. The molecule has 2 bridgehead atoms. The smallest absolute Gasteiger partial charge is 0.199 e. The van der Waals surface area contributed by atoms with Crippen molar-refractivity contribution in [3.63, 3.8) is 0 Å². The summed E-state index contributed by atoms with van der Waals surface area (Å²) in [6.45, 7) is 3.31. The van der Waals surface area contributed by atoms with E-state index >= 15 is 0 Å². The van der Waals surface area contributed by atoms with Crippen LogP contribution in [0.1, 0.15) is 64.0 Å². The fraction of sp³-hybridized carbons (Fsp3) is 0.500. The molecule has 0 saturated carbocycles. The number of allylic oxidation sites excluding steroid dienone is 2. The molecular formula is C24H32N3O+. The van der Waals surface area contributed by atoms with Crippen LogP contribution in [0.2, 0.25) is 0 Å². The van der Waals surface area contributed by atoms with Crippen molar-refractivity contribution in [2.45, 2.75) is 58.3 Å². The highest BCUT2D eigenvalue weighted by Crippen LogP contribution is 2.28. The molecule has 2 aliphatic heterocycles. The predicted molar refractivity (Wildman–Crippen MR) is 115 cm³/mol. The maximum atomic E-state index is 5.65. The summed E-state index contributed by atoms with van der Waals surface area (Å²) in [6.07, 6.45) is 19.1. The van der Waals surface area contributed by atoms with Crippen LogP contribution < -0.4 is 0 Å². The van der Waals surface area contributed by atoms with Crippen LogP contribution in [0.5, 0.6) is 0 Å². The molecule has 0 spiro atoms. The molecule has 0 aromatic carbocycles. The lowest BCUT2D eigenvalue weighted by atomic mass is 9.89. The van der Waals surface area contributed by atoms with E-state index in [1.165, 1.54) is 57.1 Å². The van der Waals surface area contributed by atoms with Gasteiger partial charge in [0, 0.05) is 29.8 Å². The molecule has 0 unspecified atom stereocenters. The van der Waals surface area contributed by atoms with Crippen molar-refractivity contribution in [3.05, 3.63) is 59.4 Å². The Morgan fingerprint density at radius 3 is 2.93 bits per heavy atom. The van der Waals surface area contributed by atoms with E-state index in [0.29, 0.717) is 5.92 Å². The lowest BCUT2D eigenvalue weighted by Gasteiger charge is -2.13. The Labute approximate surface area is 168 Å². The number of methoxy groups -OCH3 is 1. The number of nitrogens with one attached hydrogen (secondary N) is 1. The number of aromatic nitrogens is 1. The van der Waals surface area contributed by atoms with Crippen LogP contribution in [0.25, 0.3) is 0 Å². The van der Waals surface area contributed by atoms with Gasteiger partial charge >= 0.3 is 0 Å². The van der Waals surface area contributed by atoms with Crippen LogP contribution in [0.3, 0.4) is 0 Å². The molecule has 1 aromatic rings. The largest absolute Gasteiger partial charge is 0.494 e. The minimum Gasteiger partial charge on any atom is -0.494 e. The Bertz CT molecular complexity index is 852. The van der Waals surface area contributed by atoms with Gasteiger partial charge < -0.3 is 9.72 Å². The topological polar surface area (TPSA) is 40.4 Å². The first kappa shape index (κ1) is 19.0. The molecule has 0 fully saturated rings. The number of hydrogen-bond acceptors (Lipinski definition) is 2. The number of nitrogens with zero attached hydrogens (tertiary/aromatic N) is 2. The highest BCUT2D eigenvalue weighted by molar-refractivity contribution is 6.10. The van der Waals surface area contributed by atoms with Crippen molar-refractivity contribution in [3.8, 4) is 0 Å². The Kier molecular flexibility index (Phi) is 5.94. The molecular weight excluding hydrogens is 346 g/mol. The molecule has 1 aromatic heterocycles. The first-order valence-electron chi connectivity index (χ1n) is 10.8. The normalized spacial score (nSPS) is 24.3. The molecule has 28 heavy (non-hydrogen) atoms. The van der Waals surface area contributed by atoms with Gasteiger partial charge in [0.15, 0.2) is 29.9 Å². The maximum Gasteiger partial charge on any atom is 0.199 e. The Morgan fingerprint density at radius 2 is 2.14 bits per heavy atom. The monoisotopic (exact) mass is 378 g/mol. The lowest BCUT2D eigenvalue weighted by molar-refractivity contribution is -0.446. The van der Waals surface area contributed by atoms with Gasteiger partial charge in [-0.1, -0.05) is 32.6 Å². The minimum absolute atomic E-state index is 0.653. The molecule has 1 N–H and O–H groups in total. The Balaban J connectivity index is 1.68. The zero-order valence-corrected chi connectivity index (χ0v) is 17.2. The van der Waals surface area contributed by atoms with E-state index < -0.39 is 0 Å². The third kappa shape index (κ3) is 4.06. The van der Waals surface area contributed by atoms with Crippen LogP contribution in [0.4, 0.5) is 0 Å². The summed E-state index contributed by atoms with van der Waals surface area (Å²) in [4.78, 5) is 8.11. The summed E-state index contributed by atoms with van der Waals surface area (Å²) in [5, 5.41) is 0. The first-order chi connectivity index (χ1) is 13.8. The molecule has 0 radical (unpaired) electrons. The number of aromatic amines is 1. The van der Waals surface area contributed by atoms with Crippen LogP contribution in [0.15, 0.2) is 58.7 Å². The van der Waals surface area contributed by atoms with Gasteiger partial charge in [0.25, 0.3) is 0 Å². The fourth-order valence-electron chi connectivity index (χ4n) is 4.60. The van der Waals surface area contributed by atoms with E-state index in [2.05, 4.69) is 28.8 Å². The number of aliphatic imine (C=N–C) groups is 1. The van der Waals surface area contributed by atoms with Crippen molar-refractivity contribution in [2.75, 3.05) is 13.7 Å². The van der Waals surface area contributed by atoms with E-state index in [4.69, 9.17) is 9.73 Å². The third-order valence-electron chi connectivity index (χ3n) is 6.05. The average Bonchev–Trinajstić information content (AvgIpc) is 3.43. The summed E-state index contributed by atoms with van der Waals surface area (Å²) < 4.78 is 8.10. The van der Waals surface area contributed by atoms with Gasteiger partial charge in [-0.2, -0.15) is 4.58 Å². The number of hydrogen-bond donors (Lipinski definition) is 1. The van der Waals surface area contributed by atoms with Crippen molar-refractivity contribution >= 4 is 11.4 Å². The van der Waals surface area contributed by atoms with Crippen molar-refractivity contribution in [1.82, 2.24) is 4.98 Å². The molecule has 3 heterocycles. The van der Waals surface area contributed by atoms with Gasteiger partial charge in [-0.3, -0.25) is 0 Å². The average molecular weight is 379 g/mol. The molecule has 0 amide bonds. The zero-order valence-electron chi connectivity index (χ0n) is 17.2. The molecule has 4 rings (SSSR count). The Hall–Kier alpha value is -2.36. The molecule has 148 valence electrons. The quantitative estimate of drug-likeness (QED) is 0.689. The van der Waals surface area contributed by atoms with Crippen LogP contribution >= 0.6 is 0 Å². The van der Waals surface area contributed by atoms with Gasteiger partial charge in [0.1, 0.15) is 0 Å². The Morgan fingerprint density at radius 1 is 1.25 bits per heavy atom. The van der Waals surface area contributed by atoms with Crippen molar-refractivity contribution in [2.24, 2.45) is 10.9 Å². The van der Waals surface area contributed by atoms with E-state index in [1.807, 2.05) is 24.4 Å². The number of ether oxygens (including phenoxy) is 1. The second kappa shape index (κ2) is 8.76. The summed E-state index contributed by atoms with van der Waals surface area (Å²) in [5.74, 6) is 1.49. The highest BCUT2D eigenvalue weighted by atomic mass is 16.5. The van der Waals surface area contributed by atoms with E-state index in [1.54, 1.807) is 12.7 Å². The van der Waals surface area contributed by atoms with Crippen molar-refractivity contribution < 1.29 is 9.31 Å². The highest BCUT2D eigenvalue weighted by Gasteiger charge is 2.30. The van der Waals surface area contributed by atoms with Gasteiger partial charge in [0.05, 0.1) is 18.5 Å². The van der Waals surface area contributed by atoms with Crippen LogP contribution in [-0.4, -0.2) is 34.6 Å². The lowest BCUT2D eigenvalue weighted by Crippen LogP contribution is -2.20. The molecule has 0 saturated heterocycles. The number of rotatable bonds is 5. The van der Waals surface area contributed by atoms with Gasteiger partial charge in [0.2, 0.25) is 0 Å². The van der Waals surface area contributed by atoms with Crippen molar-refractivity contribution in [1.29, 1.82) is 0 Å². The predicted octanol–water partition coefficient (Wildman–Crippen LogP) is 5.35. The van der Waals surface area contributed by atoms with Crippen LogP contribution in [-0.2, 0) is 4.74 Å². The molecule has 4 heteroatoms.